The molecule has 4 aromatic rings. The number of aromatic nitrogens is 1. The van der Waals surface area contributed by atoms with E-state index in [1.165, 1.54) is 23.5 Å². The molecule has 0 unspecified atom stereocenters. The summed E-state index contributed by atoms with van der Waals surface area (Å²) in [5.41, 5.74) is 2.99. The molecular weight excluding hydrogens is 636 g/mol. The number of hydrogen-bond acceptors (Lipinski definition) is 9. The highest BCUT2D eigenvalue weighted by molar-refractivity contribution is 7.98. The summed E-state index contributed by atoms with van der Waals surface area (Å²) in [7, 11) is 1.66. The minimum atomic E-state index is -4.39. The summed E-state index contributed by atoms with van der Waals surface area (Å²) in [5, 5.41) is 0.704. The van der Waals surface area contributed by atoms with Gasteiger partial charge in [-0.2, -0.15) is 13.2 Å². The Labute approximate surface area is 275 Å². The van der Waals surface area contributed by atoms with Crippen molar-refractivity contribution >= 4 is 34.8 Å². The largest absolute Gasteiger partial charge is 0.497 e. The number of alkyl halides is 3. The number of nitrogens with zero attached hydrogens (tertiary/aromatic N) is 3. The van der Waals surface area contributed by atoms with Gasteiger partial charge in [-0.05, 0) is 74.0 Å². The van der Waals surface area contributed by atoms with Crippen molar-refractivity contribution in [2.75, 3.05) is 51.4 Å². The third-order valence-electron chi connectivity index (χ3n) is 7.59. The predicted octanol–water partition coefficient (Wildman–Crippen LogP) is 7.70. The number of thioether (sulfide) groups is 1. The van der Waals surface area contributed by atoms with Gasteiger partial charge in [-0.3, -0.25) is 4.90 Å². The van der Waals surface area contributed by atoms with E-state index in [1.54, 1.807) is 25.8 Å². The quantitative estimate of drug-likeness (QED) is 0.112. The second-order valence-electron chi connectivity index (χ2n) is 10.7. The molecule has 0 aliphatic carbocycles. The summed E-state index contributed by atoms with van der Waals surface area (Å²) >= 11 is 3.18. The number of esters is 1. The monoisotopic (exact) mass is 671 g/mol. The number of halogens is 3. The average molecular weight is 672 g/mol. The molecule has 0 atom stereocenters. The van der Waals surface area contributed by atoms with Gasteiger partial charge in [0, 0.05) is 59.5 Å². The number of aryl methyl sites for hydroxylation is 1. The fourth-order valence-electron chi connectivity index (χ4n) is 5.08. The predicted molar refractivity (Wildman–Crippen MR) is 176 cm³/mol. The molecule has 0 bridgehead atoms. The Bertz CT molecular complexity index is 1600. The molecular formula is C34H36F3N3O4S2. The van der Waals surface area contributed by atoms with Gasteiger partial charge in [0.2, 0.25) is 0 Å². The van der Waals surface area contributed by atoms with Gasteiger partial charge in [-0.1, -0.05) is 12.1 Å². The molecule has 0 spiro atoms. The zero-order valence-electron chi connectivity index (χ0n) is 25.9. The maximum Gasteiger partial charge on any atom is 0.416 e. The van der Waals surface area contributed by atoms with Crippen molar-refractivity contribution < 1.29 is 32.2 Å². The lowest BCUT2D eigenvalue weighted by Gasteiger charge is -2.36. The van der Waals surface area contributed by atoms with Crippen molar-refractivity contribution in [2.24, 2.45) is 0 Å². The molecule has 0 radical (unpaired) electrons. The molecule has 1 aliphatic heterocycles. The van der Waals surface area contributed by atoms with Crippen LogP contribution >= 0.6 is 23.1 Å². The van der Waals surface area contributed by atoms with Crippen molar-refractivity contribution in [1.29, 1.82) is 0 Å². The average Bonchev–Trinajstić information content (AvgIpc) is 3.46. The van der Waals surface area contributed by atoms with Gasteiger partial charge in [0.15, 0.2) is 6.61 Å². The maximum absolute atomic E-state index is 13.2. The number of thiazole rings is 1. The van der Waals surface area contributed by atoms with E-state index in [0.717, 1.165) is 70.8 Å². The minimum Gasteiger partial charge on any atom is -0.497 e. The molecule has 0 N–H and O–H groups in total. The molecule has 1 aliphatic rings. The Kier molecular flexibility index (Phi) is 11.1. The van der Waals surface area contributed by atoms with Gasteiger partial charge >= 0.3 is 12.1 Å². The molecule has 5 rings (SSSR count). The van der Waals surface area contributed by atoms with E-state index in [1.807, 2.05) is 37.3 Å². The SMILES string of the molecule is CCOC(=O)COc1ccc(SCc2sc(-c3ccc(C(F)(F)F)cc3)nc2CN2CCN(c3ccc(OC)cc3)CC2)cc1C. The number of carbonyl (C=O) groups excluding carboxylic acids is 1. The minimum absolute atomic E-state index is 0.146. The van der Waals surface area contributed by atoms with E-state index in [0.29, 0.717) is 35.2 Å². The van der Waals surface area contributed by atoms with Crippen LogP contribution in [0.4, 0.5) is 18.9 Å². The Balaban J connectivity index is 1.29. The van der Waals surface area contributed by atoms with Crippen molar-refractivity contribution in [3.8, 4) is 22.1 Å². The fraction of sp³-hybridized carbons (Fsp3) is 0.353. The lowest BCUT2D eigenvalue weighted by atomic mass is 10.1. The van der Waals surface area contributed by atoms with Crippen LogP contribution in [0.1, 0.15) is 28.6 Å². The fourth-order valence-corrected chi connectivity index (χ4v) is 7.25. The van der Waals surface area contributed by atoms with Crippen LogP contribution in [0.25, 0.3) is 10.6 Å². The van der Waals surface area contributed by atoms with Crippen molar-refractivity contribution in [3.05, 3.63) is 88.4 Å². The Morgan fingerprint density at radius 1 is 1.00 bits per heavy atom. The summed E-state index contributed by atoms with van der Waals surface area (Å²) < 4.78 is 55.4. The first-order valence-electron chi connectivity index (χ1n) is 14.9. The third kappa shape index (κ3) is 8.74. The first kappa shape index (κ1) is 33.6. The summed E-state index contributed by atoms with van der Waals surface area (Å²) in [6, 6.07) is 19.1. The first-order valence-corrected chi connectivity index (χ1v) is 16.7. The molecule has 244 valence electrons. The molecule has 12 heteroatoms. The molecule has 1 aromatic heterocycles. The van der Waals surface area contributed by atoms with Crippen LogP contribution in [0.5, 0.6) is 11.5 Å². The van der Waals surface area contributed by atoms with E-state index in [2.05, 4.69) is 21.9 Å². The Morgan fingerprint density at radius 3 is 2.35 bits per heavy atom. The Hall–Kier alpha value is -3.74. The lowest BCUT2D eigenvalue weighted by molar-refractivity contribution is -0.145. The number of hydrogen-bond donors (Lipinski definition) is 0. The molecule has 3 aromatic carbocycles. The summed E-state index contributed by atoms with van der Waals surface area (Å²) in [6.07, 6.45) is -4.39. The summed E-state index contributed by atoms with van der Waals surface area (Å²) in [5.74, 6) is 1.69. The zero-order chi connectivity index (χ0) is 32.7. The summed E-state index contributed by atoms with van der Waals surface area (Å²) in [6.45, 7) is 7.95. The Morgan fingerprint density at radius 2 is 1.72 bits per heavy atom. The normalized spacial score (nSPS) is 13.9. The van der Waals surface area contributed by atoms with Crippen molar-refractivity contribution in [2.45, 2.75) is 37.2 Å². The van der Waals surface area contributed by atoms with Crippen LogP contribution in [-0.4, -0.2) is 62.4 Å². The highest BCUT2D eigenvalue weighted by Gasteiger charge is 2.30. The number of benzene rings is 3. The number of ether oxygens (including phenoxy) is 3. The molecule has 1 saturated heterocycles. The molecule has 7 nitrogen and oxygen atoms in total. The first-order chi connectivity index (χ1) is 22.1. The summed E-state index contributed by atoms with van der Waals surface area (Å²) in [4.78, 5) is 23.5. The molecule has 0 saturated carbocycles. The van der Waals surface area contributed by atoms with Gasteiger partial charge < -0.3 is 19.1 Å². The standard InChI is InChI=1S/C34H36F3N3O4S2/c1-4-43-32(41)21-44-30-14-13-28(19-23(30)2)45-22-31-29(38-33(46-31)24-5-7-25(8-6-24)34(35,36)37)20-39-15-17-40(18-16-39)26-9-11-27(42-3)12-10-26/h5-14,19H,4,15-18,20-22H2,1-3H3. The molecule has 2 heterocycles. The number of carbonyl (C=O) groups is 1. The highest BCUT2D eigenvalue weighted by Crippen LogP contribution is 2.36. The number of methoxy groups -OCH3 is 1. The van der Waals surface area contributed by atoms with Gasteiger partial charge in [0.05, 0.1) is 25.0 Å². The molecule has 46 heavy (non-hydrogen) atoms. The molecule has 1 fully saturated rings. The van der Waals surface area contributed by atoms with Gasteiger partial charge in [-0.25, -0.2) is 9.78 Å². The van der Waals surface area contributed by atoms with E-state index in [9.17, 15) is 18.0 Å². The number of anilines is 1. The third-order valence-corrected chi connectivity index (χ3v) is 9.94. The van der Waals surface area contributed by atoms with Crippen LogP contribution in [0.2, 0.25) is 0 Å². The maximum atomic E-state index is 13.2. The van der Waals surface area contributed by atoms with E-state index >= 15 is 0 Å². The molecule has 0 amide bonds. The second kappa shape index (κ2) is 15.2. The van der Waals surface area contributed by atoms with Crippen LogP contribution in [0.15, 0.2) is 71.6 Å². The van der Waals surface area contributed by atoms with Crippen LogP contribution < -0.4 is 14.4 Å². The van der Waals surface area contributed by atoms with E-state index in [4.69, 9.17) is 19.2 Å². The van der Waals surface area contributed by atoms with Crippen LogP contribution in [-0.2, 0) is 28.0 Å². The second-order valence-corrected chi connectivity index (χ2v) is 12.9. The number of rotatable bonds is 12. The van der Waals surface area contributed by atoms with E-state index < -0.39 is 17.7 Å². The van der Waals surface area contributed by atoms with Gasteiger partial charge in [-0.15, -0.1) is 23.1 Å². The lowest BCUT2D eigenvalue weighted by Crippen LogP contribution is -2.46. The topological polar surface area (TPSA) is 64.1 Å². The van der Waals surface area contributed by atoms with Crippen molar-refractivity contribution in [3.63, 3.8) is 0 Å². The van der Waals surface area contributed by atoms with Gasteiger partial charge in [0.25, 0.3) is 0 Å². The smallest absolute Gasteiger partial charge is 0.416 e. The van der Waals surface area contributed by atoms with E-state index in [-0.39, 0.29) is 6.61 Å². The van der Waals surface area contributed by atoms with Crippen molar-refractivity contribution in [1.82, 2.24) is 9.88 Å². The van der Waals surface area contributed by atoms with Gasteiger partial charge in [0.1, 0.15) is 16.5 Å². The number of piperazine rings is 1. The zero-order valence-corrected chi connectivity index (χ0v) is 27.6. The van der Waals surface area contributed by atoms with Crippen LogP contribution in [0, 0.1) is 6.92 Å². The highest BCUT2D eigenvalue weighted by atomic mass is 32.2. The van der Waals surface area contributed by atoms with Crippen LogP contribution in [0.3, 0.4) is 0 Å².